The number of hydrogen-bond acceptors (Lipinski definition) is 5. The van der Waals surface area contributed by atoms with E-state index in [0.717, 1.165) is 0 Å². The third kappa shape index (κ3) is 4.46. The lowest BCUT2D eigenvalue weighted by Crippen LogP contribution is -2.30. The molecule has 1 aromatic rings. The standard InChI is InChI=1S/C11H19ClN4O3S/c1-4-15-20(18,19)6-5-13-9-7-14-16(8(2)3)11(17)10(9)12/h7-8,13,15H,4-6H2,1-3H3. The molecule has 0 saturated carbocycles. The van der Waals surface area contributed by atoms with Crippen molar-refractivity contribution in [2.75, 3.05) is 24.2 Å². The van der Waals surface area contributed by atoms with Crippen molar-refractivity contribution in [3.05, 3.63) is 21.6 Å². The topological polar surface area (TPSA) is 93.1 Å². The van der Waals surface area contributed by atoms with Gasteiger partial charge in [-0.3, -0.25) is 4.79 Å². The van der Waals surface area contributed by atoms with Crippen LogP contribution in [0.1, 0.15) is 26.8 Å². The van der Waals surface area contributed by atoms with Crippen molar-refractivity contribution in [1.29, 1.82) is 0 Å². The Morgan fingerprint density at radius 2 is 2.10 bits per heavy atom. The summed E-state index contributed by atoms with van der Waals surface area (Å²) in [6.07, 6.45) is 1.42. The van der Waals surface area contributed by atoms with E-state index >= 15 is 0 Å². The molecule has 20 heavy (non-hydrogen) atoms. The van der Waals surface area contributed by atoms with Crippen LogP contribution in [0.25, 0.3) is 0 Å². The minimum absolute atomic E-state index is 0.00884. The molecule has 0 saturated heterocycles. The predicted octanol–water partition coefficient (Wildman–Crippen LogP) is 0.829. The van der Waals surface area contributed by atoms with Gasteiger partial charge in [0.1, 0.15) is 5.02 Å². The van der Waals surface area contributed by atoms with Crippen molar-refractivity contribution in [2.45, 2.75) is 26.8 Å². The number of anilines is 1. The van der Waals surface area contributed by atoms with E-state index in [2.05, 4.69) is 15.1 Å². The first-order chi connectivity index (χ1) is 9.28. The summed E-state index contributed by atoms with van der Waals surface area (Å²) in [7, 11) is -3.31. The molecule has 0 aromatic carbocycles. The van der Waals surface area contributed by atoms with Crippen LogP contribution in [0.3, 0.4) is 0 Å². The van der Waals surface area contributed by atoms with Gasteiger partial charge in [-0.2, -0.15) is 5.10 Å². The SMILES string of the molecule is CCNS(=O)(=O)CCNc1cnn(C(C)C)c(=O)c1Cl. The molecule has 9 heteroatoms. The monoisotopic (exact) mass is 322 g/mol. The summed E-state index contributed by atoms with van der Waals surface area (Å²) >= 11 is 5.95. The predicted molar refractivity (Wildman–Crippen MR) is 79.8 cm³/mol. The Morgan fingerprint density at radius 1 is 1.45 bits per heavy atom. The van der Waals surface area contributed by atoms with E-state index in [4.69, 9.17) is 11.6 Å². The summed E-state index contributed by atoms with van der Waals surface area (Å²) in [5.41, 5.74) is -0.0681. The maximum Gasteiger partial charge on any atom is 0.287 e. The molecule has 0 bridgehead atoms. The largest absolute Gasteiger partial charge is 0.381 e. The zero-order chi connectivity index (χ0) is 15.3. The summed E-state index contributed by atoms with van der Waals surface area (Å²) < 4.78 is 26.5. The molecule has 2 N–H and O–H groups in total. The Balaban J connectivity index is 2.76. The maximum absolute atomic E-state index is 11.9. The van der Waals surface area contributed by atoms with Gasteiger partial charge in [-0.1, -0.05) is 18.5 Å². The Morgan fingerprint density at radius 3 is 2.65 bits per heavy atom. The average molecular weight is 323 g/mol. The molecule has 0 aliphatic heterocycles. The van der Waals surface area contributed by atoms with E-state index in [0.29, 0.717) is 12.2 Å². The lowest BCUT2D eigenvalue weighted by atomic mass is 10.4. The minimum atomic E-state index is -3.31. The molecule has 114 valence electrons. The molecule has 1 rings (SSSR count). The highest BCUT2D eigenvalue weighted by molar-refractivity contribution is 7.89. The number of nitrogens with one attached hydrogen (secondary N) is 2. The van der Waals surface area contributed by atoms with Gasteiger partial charge in [0.15, 0.2) is 0 Å². The highest BCUT2D eigenvalue weighted by Crippen LogP contribution is 2.15. The van der Waals surface area contributed by atoms with Gasteiger partial charge in [0.05, 0.1) is 23.7 Å². The van der Waals surface area contributed by atoms with Gasteiger partial charge in [-0.15, -0.1) is 0 Å². The van der Waals surface area contributed by atoms with Crippen LogP contribution < -0.4 is 15.6 Å². The molecule has 1 aromatic heterocycles. The normalized spacial score (nSPS) is 11.8. The molecule has 0 amide bonds. The Kier molecular flexibility index (Phi) is 5.97. The van der Waals surface area contributed by atoms with Gasteiger partial charge in [0.2, 0.25) is 10.0 Å². The second kappa shape index (κ2) is 7.05. The first-order valence-corrected chi connectivity index (χ1v) is 8.30. The lowest BCUT2D eigenvalue weighted by molar-refractivity contribution is 0.503. The van der Waals surface area contributed by atoms with E-state index < -0.39 is 15.6 Å². The average Bonchev–Trinajstić information content (AvgIpc) is 2.34. The van der Waals surface area contributed by atoms with Crippen LogP contribution in [0.4, 0.5) is 5.69 Å². The number of halogens is 1. The molecule has 1 heterocycles. The van der Waals surface area contributed by atoms with Gasteiger partial charge in [-0.05, 0) is 13.8 Å². The molecular weight excluding hydrogens is 304 g/mol. The Hall–Kier alpha value is -1.12. The second-order valence-corrected chi connectivity index (χ2v) is 6.76. The van der Waals surface area contributed by atoms with Crippen LogP contribution in [-0.2, 0) is 10.0 Å². The van der Waals surface area contributed by atoms with Gasteiger partial charge < -0.3 is 5.32 Å². The third-order valence-electron chi connectivity index (χ3n) is 2.48. The van der Waals surface area contributed by atoms with E-state index in [9.17, 15) is 13.2 Å². The quantitative estimate of drug-likeness (QED) is 0.775. The molecule has 0 atom stereocenters. The molecule has 0 aliphatic carbocycles. The third-order valence-corrected chi connectivity index (χ3v) is 4.32. The van der Waals surface area contributed by atoms with Gasteiger partial charge >= 0.3 is 0 Å². The van der Waals surface area contributed by atoms with E-state index in [-0.39, 0.29) is 23.4 Å². The molecule has 0 aliphatic rings. The summed E-state index contributed by atoms with van der Waals surface area (Å²) in [5.74, 6) is -0.107. The van der Waals surface area contributed by atoms with Crippen LogP contribution in [0.2, 0.25) is 5.02 Å². The van der Waals surface area contributed by atoms with Crippen molar-refractivity contribution >= 4 is 27.3 Å². The summed E-state index contributed by atoms with van der Waals surface area (Å²) in [5, 5.41) is 6.80. The highest BCUT2D eigenvalue weighted by Gasteiger charge is 2.12. The fourth-order valence-electron chi connectivity index (χ4n) is 1.55. The van der Waals surface area contributed by atoms with Crippen molar-refractivity contribution in [2.24, 2.45) is 0 Å². The zero-order valence-corrected chi connectivity index (χ0v) is 13.3. The zero-order valence-electron chi connectivity index (χ0n) is 11.7. The summed E-state index contributed by atoms with van der Waals surface area (Å²) in [6.45, 7) is 5.83. The molecule has 7 nitrogen and oxygen atoms in total. The van der Waals surface area contributed by atoms with Crippen LogP contribution >= 0.6 is 11.6 Å². The van der Waals surface area contributed by atoms with Crippen molar-refractivity contribution < 1.29 is 8.42 Å². The van der Waals surface area contributed by atoms with Crippen molar-refractivity contribution in [3.8, 4) is 0 Å². The smallest absolute Gasteiger partial charge is 0.287 e. The lowest BCUT2D eigenvalue weighted by Gasteiger charge is -2.12. The first-order valence-electron chi connectivity index (χ1n) is 6.27. The number of nitrogens with zero attached hydrogens (tertiary/aromatic N) is 2. The molecule has 0 fully saturated rings. The van der Waals surface area contributed by atoms with Crippen LogP contribution in [0.15, 0.2) is 11.0 Å². The van der Waals surface area contributed by atoms with Gasteiger partial charge in [-0.25, -0.2) is 17.8 Å². The number of sulfonamides is 1. The summed E-state index contributed by atoms with van der Waals surface area (Å²) in [6, 6.07) is -0.0943. The fourth-order valence-corrected chi connectivity index (χ4v) is 2.71. The molecular formula is C11H19ClN4O3S. The van der Waals surface area contributed by atoms with E-state index in [1.807, 2.05) is 13.8 Å². The second-order valence-electron chi connectivity index (χ2n) is 4.46. The molecule has 0 unspecified atom stereocenters. The maximum atomic E-state index is 11.9. The van der Waals surface area contributed by atoms with Crippen molar-refractivity contribution in [3.63, 3.8) is 0 Å². The fraction of sp³-hybridized carbons (Fsp3) is 0.636. The Labute approximate surface area is 123 Å². The van der Waals surface area contributed by atoms with Crippen molar-refractivity contribution in [1.82, 2.24) is 14.5 Å². The number of aromatic nitrogens is 2. The number of rotatable bonds is 7. The number of hydrogen-bond donors (Lipinski definition) is 2. The van der Waals surface area contributed by atoms with Crippen LogP contribution in [-0.4, -0.2) is 37.0 Å². The highest BCUT2D eigenvalue weighted by atomic mass is 35.5. The Bertz CT molecular complexity index is 613. The van der Waals surface area contributed by atoms with Gasteiger partial charge in [0, 0.05) is 13.1 Å². The van der Waals surface area contributed by atoms with Crippen LogP contribution in [0.5, 0.6) is 0 Å². The molecule has 0 spiro atoms. The minimum Gasteiger partial charge on any atom is -0.381 e. The van der Waals surface area contributed by atoms with Crippen LogP contribution in [0, 0.1) is 0 Å². The van der Waals surface area contributed by atoms with E-state index in [1.54, 1.807) is 6.92 Å². The summed E-state index contributed by atoms with van der Waals surface area (Å²) in [4.78, 5) is 11.9. The van der Waals surface area contributed by atoms with Gasteiger partial charge in [0.25, 0.3) is 5.56 Å². The first kappa shape index (κ1) is 16.9. The van der Waals surface area contributed by atoms with E-state index in [1.165, 1.54) is 10.9 Å². The molecule has 0 radical (unpaired) electrons.